The molecule has 1 aliphatic heterocycles. The van der Waals surface area contributed by atoms with E-state index in [1.165, 1.54) is 0 Å². The molecule has 0 unspecified atom stereocenters. The summed E-state index contributed by atoms with van der Waals surface area (Å²) in [6.45, 7) is 8.90. The van der Waals surface area contributed by atoms with Crippen LogP contribution in [0.4, 0.5) is 5.82 Å². The molecule has 7 nitrogen and oxygen atoms in total. The molecule has 2 rings (SSSR count). The van der Waals surface area contributed by atoms with Crippen LogP contribution in [0.1, 0.15) is 20.3 Å². The Bertz CT molecular complexity index is 620. The first-order valence-corrected chi connectivity index (χ1v) is 10.6. The number of rotatable bonds is 7. The summed E-state index contributed by atoms with van der Waals surface area (Å²) in [6.07, 6.45) is 4.38. The van der Waals surface area contributed by atoms with E-state index in [9.17, 15) is 4.79 Å². The molecule has 9 heteroatoms. The van der Waals surface area contributed by atoms with Crippen molar-refractivity contribution in [2.24, 2.45) is 4.99 Å². The Balaban J connectivity index is 0.00000392. The average molecular weight is 520 g/mol. The van der Waals surface area contributed by atoms with Crippen LogP contribution in [0.3, 0.4) is 0 Å². The third kappa shape index (κ3) is 8.02. The first kappa shape index (κ1) is 24.8. The second-order valence-corrected chi connectivity index (χ2v) is 8.64. The Labute approximate surface area is 190 Å². The molecule has 0 saturated carbocycles. The van der Waals surface area contributed by atoms with Gasteiger partial charge in [-0.05, 0) is 32.2 Å². The maximum Gasteiger partial charge on any atom is 0.224 e. The molecule has 158 valence electrons. The summed E-state index contributed by atoms with van der Waals surface area (Å²) in [5, 5.41) is 6.55. The SMILES string of the molecule is CN=C(NCCC(=O)N1CCN(c2ccccn2)CC1)NCC(C)(C)SC.I. The number of amides is 1. The van der Waals surface area contributed by atoms with Gasteiger partial charge in [0.25, 0.3) is 0 Å². The number of hydrogen-bond donors (Lipinski definition) is 2. The summed E-state index contributed by atoms with van der Waals surface area (Å²) in [6, 6.07) is 5.92. The van der Waals surface area contributed by atoms with Crippen molar-refractivity contribution < 1.29 is 4.79 Å². The highest BCUT2D eigenvalue weighted by atomic mass is 127. The third-order valence-electron chi connectivity index (χ3n) is 4.69. The molecule has 2 N–H and O–H groups in total. The molecule has 1 aliphatic rings. The molecule has 1 aromatic heterocycles. The normalized spacial score (nSPS) is 15.1. The molecule has 0 radical (unpaired) electrons. The molecule has 28 heavy (non-hydrogen) atoms. The van der Waals surface area contributed by atoms with Gasteiger partial charge in [0, 0.05) is 63.7 Å². The fourth-order valence-corrected chi connectivity index (χ4v) is 2.98. The number of aliphatic imine (C=N–C) groups is 1. The number of carbonyl (C=O) groups excluding carboxylic acids is 1. The van der Waals surface area contributed by atoms with E-state index in [0.29, 0.717) is 13.0 Å². The Morgan fingerprint density at radius 1 is 1.25 bits per heavy atom. The number of halogens is 1. The second-order valence-electron chi connectivity index (χ2n) is 7.12. The first-order valence-electron chi connectivity index (χ1n) is 9.38. The zero-order valence-electron chi connectivity index (χ0n) is 17.3. The Hall–Kier alpha value is -1.23. The maximum atomic E-state index is 12.5. The van der Waals surface area contributed by atoms with Gasteiger partial charge in [0.15, 0.2) is 5.96 Å². The molecule has 0 bridgehead atoms. The lowest BCUT2D eigenvalue weighted by molar-refractivity contribution is -0.131. The van der Waals surface area contributed by atoms with Gasteiger partial charge in [0.2, 0.25) is 5.91 Å². The lowest BCUT2D eigenvalue weighted by atomic mass is 10.2. The Morgan fingerprint density at radius 2 is 1.96 bits per heavy atom. The van der Waals surface area contributed by atoms with Crippen molar-refractivity contribution in [3.63, 3.8) is 0 Å². The van der Waals surface area contributed by atoms with Crippen LogP contribution in [-0.2, 0) is 4.79 Å². The summed E-state index contributed by atoms with van der Waals surface area (Å²) >= 11 is 1.81. The van der Waals surface area contributed by atoms with Gasteiger partial charge in [-0.15, -0.1) is 24.0 Å². The Kier molecular flexibility index (Phi) is 10.9. The van der Waals surface area contributed by atoms with E-state index >= 15 is 0 Å². The first-order chi connectivity index (χ1) is 12.9. The van der Waals surface area contributed by atoms with E-state index < -0.39 is 0 Å². The van der Waals surface area contributed by atoms with Gasteiger partial charge < -0.3 is 20.4 Å². The van der Waals surface area contributed by atoms with E-state index in [2.05, 4.69) is 45.6 Å². The topological polar surface area (TPSA) is 72.9 Å². The van der Waals surface area contributed by atoms with Crippen LogP contribution in [0.2, 0.25) is 0 Å². The van der Waals surface area contributed by atoms with Crippen molar-refractivity contribution in [3.8, 4) is 0 Å². The summed E-state index contributed by atoms with van der Waals surface area (Å²) in [7, 11) is 1.75. The summed E-state index contributed by atoms with van der Waals surface area (Å²) in [4.78, 5) is 25.2. The quantitative estimate of drug-likeness (QED) is 0.326. The fourth-order valence-electron chi connectivity index (χ4n) is 2.76. The molecule has 1 saturated heterocycles. The van der Waals surface area contributed by atoms with Crippen LogP contribution in [0.15, 0.2) is 29.4 Å². The van der Waals surface area contributed by atoms with Gasteiger partial charge in [-0.25, -0.2) is 4.98 Å². The predicted octanol–water partition coefficient (Wildman–Crippen LogP) is 2.04. The molecule has 0 atom stereocenters. The van der Waals surface area contributed by atoms with Crippen molar-refractivity contribution >= 4 is 53.4 Å². The highest BCUT2D eigenvalue weighted by Crippen LogP contribution is 2.19. The minimum absolute atomic E-state index is 0. The minimum atomic E-state index is 0. The molecule has 1 amide bonds. The van der Waals surface area contributed by atoms with Crippen LogP contribution in [0, 0.1) is 0 Å². The van der Waals surface area contributed by atoms with E-state index in [0.717, 1.165) is 44.5 Å². The number of hydrogen-bond acceptors (Lipinski definition) is 5. The van der Waals surface area contributed by atoms with Gasteiger partial charge in [-0.1, -0.05) is 6.07 Å². The molecular formula is C19H33IN6OS. The third-order valence-corrected chi connectivity index (χ3v) is 5.94. The average Bonchev–Trinajstić information content (AvgIpc) is 2.71. The van der Waals surface area contributed by atoms with E-state index in [-0.39, 0.29) is 34.6 Å². The highest BCUT2D eigenvalue weighted by Gasteiger charge is 2.21. The van der Waals surface area contributed by atoms with Crippen LogP contribution < -0.4 is 15.5 Å². The van der Waals surface area contributed by atoms with E-state index in [1.807, 2.05) is 34.9 Å². The zero-order chi connectivity index (χ0) is 19.7. The minimum Gasteiger partial charge on any atom is -0.356 e. The van der Waals surface area contributed by atoms with Crippen molar-refractivity contribution in [3.05, 3.63) is 24.4 Å². The second kappa shape index (κ2) is 12.4. The molecule has 0 spiro atoms. The number of nitrogens with zero attached hydrogens (tertiary/aromatic N) is 4. The number of anilines is 1. The van der Waals surface area contributed by atoms with Gasteiger partial charge in [0.05, 0.1) is 0 Å². The maximum absolute atomic E-state index is 12.5. The number of guanidine groups is 1. The van der Waals surface area contributed by atoms with Crippen LogP contribution in [0.5, 0.6) is 0 Å². The monoisotopic (exact) mass is 520 g/mol. The molecule has 1 fully saturated rings. The standard InChI is InChI=1S/C19H32N6OS.HI/c1-19(2,27-4)15-23-18(20-3)22-10-8-17(26)25-13-11-24(12-14-25)16-7-5-6-9-21-16;/h5-7,9H,8,10-15H2,1-4H3,(H2,20,22,23);1H. The summed E-state index contributed by atoms with van der Waals surface area (Å²) in [5.41, 5.74) is 0. The highest BCUT2D eigenvalue weighted by molar-refractivity contribution is 14.0. The smallest absolute Gasteiger partial charge is 0.224 e. The Morgan fingerprint density at radius 3 is 2.54 bits per heavy atom. The molecule has 2 heterocycles. The van der Waals surface area contributed by atoms with Crippen molar-refractivity contribution in [2.45, 2.75) is 25.0 Å². The van der Waals surface area contributed by atoms with E-state index in [1.54, 1.807) is 13.2 Å². The van der Waals surface area contributed by atoms with Gasteiger partial charge >= 0.3 is 0 Å². The number of pyridine rings is 1. The predicted molar refractivity (Wildman–Crippen MR) is 130 cm³/mol. The van der Waals surface area contributed by atoms with Crippen LogP contribution >= 0.6 is 35.7 Å². The summed E-state index contributed by atoms with van der Waals surface area (Å²) in [5.74, 6) is 1.90. The lowest BCUT2D eigenvalue weighted by Gasteiger charge is -2.35. The molecule has 0 aromatic carbocycles. The van der Waals surface area contributed by atoms with Crippen molar-refractivity contribution in [2.75, 3.05) is 57.5 Å². The van der Waals surface area contributed by atoms with Crippen LogP contribution in [-0.4, -0.2) is 79.1 Å². The van der Waals surface area contributed by atoms with Gasteiger partial charge in [-0.3, -0.25) is 9.79 Å². The number of aromatic nitrogens is 1. The molecule has 1 aromatic rings. The number of piperazine rings is 1. The molecule has 0 aliphatic carbocycles. The zero-order valence-corrected chi connectivity index (χ0v) is 20.4. The number of carbonyl (C=O) groups is 1. The number of thioether (sulfide) groups is 1. The fraction of sp³-hybridized carbons (Fsp3) is 0.632. The van der Waals surface area contributed by atoms with Gasteiger partial charge in [-0.2, -0.15) is 11.8 Å². The number of nitrogens with one attached hydrogen (secondary N) is 2. The summed E-state index contributed by atoms with van der Waals surface area (Å²) < 4.78 is 0.140. The molecular weight excluding hydrogens is 487 g/mol. The van der Waals surface area contributed by atoms with Crippen LogP contribution in [0.25, 0.3) is 0 Å². The van der Waals surface area contributed by atoms with E-state index in [4.69, 9.17) is 0 Å². The largest absolute Gasteiger partial charge is 0.356 e. The van der Waals surface area contributed by atoms with Crippen molar-refractivity contribution in [1.29, 1.82) is 0 Å². The van der Waals surface area contributed by atoms with Crippen molar-refractivity contribution in [1.82, 2.24) is 20.5 Å². The lowest BCUT2D eigenvalue weighted by Crippen LogP contribution is -2.50. The van der Waals surface area contributed by atoms with Gasteiger partial charge in [0.1, 0.15) is 5.82 Å².